The molecule has 7 nitrogen and oxygen atoms in total. The lowest BCUT2D eigenvalue weighted by Crippen LogP contribution is -2.40. The number of nitrogens with two attached hydrogens (primary N) is 1. The number of morpholine rings is 1. The molecule has 0 atom stereocenters. The Hall–Kier alpha value is -1.35. The van der Waals surface area contributed by atoms with Gasteiger partial charge in [-0.2, -0.15) is 0 Å². The van der Waals surface area contributed by atoms with Crippen LogP contribution in [0.25, 0.3) is 0 Å². The van der Waals surface area contributed by atoms with Gasteiger partial charge in [0.1, 0.15) is 4.90 Å². The van der Waals surface area contributed by atoms with Crippen molar-refractivity contribution in [3.8, 4) is 5.75 Å². The van der Waals surface area contributed by atoms with Crippen LogP contribution < -0.4 is 9.88 Å². The summed E-state index contributed by atoms with van der Waals surface area (Å²) < 4.78 is 33.5. The molecule has 2 rings (SSSR count). The number of hydrogen-bond donors (Lipinski definition) is 1. The minimum absolute atomic E-state index is 0.0657. The van der Waals surface area contributed by atoms with Crippen molar-refractivity contribution in [1.29, 1.82) is 0 Å². The van der Waals surface area contributed by atoms with E-state index in [1.54, 1.807) is 4.90 Å². The van der Waals surface area contributed by atoms with Crippen LogP contribution in [0.2, 0.25) is 5.02 Å². The first-order valence-corrected chi connectivity index (χ1v) is 8.04. The van der Waals surface area contributed by atoms with E-state index in [1.807, 2.05) is 0 Å². The summed E-state index contributed by atoms with van der Waals surface area (Å²) in [7, 11) is -2.79. The third-order valence-electron chi connectivity index (χ3n) is 3.06. The fourth-order valence-electron chi connectivity index (χ4n) is 2.09. The molecule has 0 spiro atoms. The molecule has 0 unspecified atom stereocenters. The van der Waals surface area contributed by atoms with Crippen LogP contribution in [0.1, 0.15) is 10.4 Å². The van der Waals surface area contributed by atoms with Crippen LogP contribution in [0, 0.1) is 0 Å². The number of hydrogen-bond acceptors (Lipinski definition) is 5. The molecule has 0 saturated carbocycles. The second kappa shape index (κ2) is 6.18. The molecule has 1 aromatic rings. The third-order valence-corrected chi connectivity index (χ3v) is 4.19. The van der Waals surface area contributed by atoms with Gasteiger partial charge in [-0.25, -0.2) is 13.6 Å². The molecule has 1 fully saturated rings. The van der Waals surface area contributed by atoms with Crippen LogP contribution in [-0.2, 0) is 14.8 Å². The van der Waals surface area contributed by atoms with Crippen molar-refractivity contribution in [2.45, 2.75) is 4.90 Å². The number of nitrogens with zero attached hydrogens (tertiary/aromatic N) is 1. The first-order valence-electron chi connectivity index (χ1n) is 6.12. The van der Waals surface area contributed by atoms with Crippen LogP contribution in [0.4, 0.5) is 0 Å². The van der Waals surface area contributed by atoms with E-state index in [9.17, 15) is 13.2 Å². The predicted octanol–water partition coefficient (Wildman–Crippen LogP) is 0.468. The minimum atomic E-state index is -4.06. The summed E-state index contributed by atoms with van der Waals surface area (Å²) in [5.74, 6) is -0.471. The predicted molar refractivity (Wildman–Crippen MR) is 76.1 cm³/mol. The van der Waals surface area contributed by atoms with Crippen molar-refractivity contribution >= 4 is 27.5 Å². The summed E-state index contributed by atoms with van der Waals surface area (Å²) >= 11 is 5.90. The van der Waals surface area contributed by atoms with Crippen molar-refractivity contribution in [2.75, 3.05) is 33.4 Å². The monoisotopic (exact) mass is 334 g/mol. The average molecular weight is 335 g/mol. The quantitative estimate of drug-likeness (QED) is 0.866. The van der Waals surface area contributed by atoms with Crippen LogP contribution in [0.15, 0.2) is 17.0 Å². The van der Waals surface area contributed by atoms with Gasteiger partial charge < -0.3 is 14.4 Å². The molecule has 0 radical (unpaired) electrons. The molecule has 1 aliphatic heterocycles. The lowest BCUT2D eigenvalue weighted by Gasteiger charge is -2.27. The number of primary sulfonamides is 1. The molecule has 0 aromatic heterocycles. The number of rotatable bonds is 3. The average Bonchev–Trinajstić information content (AvgIpc) is 2.45. The van der Waals surface area contributed by atoms with E-state index in [0.717, 1.165) is 6.07 Å². The van der Waals surface area contributed by atoms with Gasteiger partial charge in [-0.15, -0.1) is 0 Å². The number of amides is 1. The number of ether oxygens (including phenoxy) is 2. The second-order valence-corrected chi connectivity index (χ2v) is 6.40. The lowest BCUT2D eigenvalue weighted by atomic mass is 10.1. The van der Waals surface area contributed by atoms with Crippen molar-refractivity contribution in [3.05, 3.63) is 22.7 Å². The van der Waals surface area contributed by atoms with Crippen molar-refractivity contribution in [2.24, 2.45) is 5.14 Å². The summed E-state index contributed by atoms with van der Waals surface area (Å²) in [6, 6.07) is 2.53. The van der Waals surface area contributed by atoms with Crippen LogP contribution in [-0.4, -0.2) is 52.6 Å². The van der Waals surface area contributed by atoms with Gasteiger partial charge in [0, 0.05) is 18.1 Å². The minimum Gasteiger partial charge on any atom is -0.494 e. The van der Waals surface area contributed by atoms with Gasteiger partial charge in [-0.1, -0.05) is 11.6 Å². The van der Waals surface area contributed by atoms with E-state index in [2.05, 4.69) is 0 Å². The number of sulfonamides is 1. The van der Waals surface area contributed by atoms with Gasteiger partial charge in [0.2, 0.25) is 10.0 Å². The van der Waals surface area contributed by atoms with Crippen molar-refractivity contribution < 1.29 is 22.7 Å². The highest BCUT2D eigenvalue weighted by molar-refractivity contribution is 7.89. The second-order valence-electron chi connectivity index (χ2n) is 4.43. The van der Waals surface area contributed by atoms with Gasteiger partial charge in [-0.3, -0.25) is 4.79 Å². The van der Waals surface area contributed by atoms with Gasteiger partial charge in [0.25, 0.3) is 5.91 Å². The lowest BCUT2D eigenvalue weighted by molar-refractivity contribution is 0.0300. The smallest absolute Gasteiger partial charge is 0.257 e. The molecular formula is C12H15ClN2O5S. The van der Waals surface area contributed by atoms with E-state index >= 15 is 0 Å². The van der Waals surface area contributed by atoms with Gasteiger partial charge in [0.05, 0.1) is 25.9 Å². The molecular weight excluding hydrogens is 320 g/mol. The molecule has 116 valence electrons. The number of methoxy groups -OCH3 is 1. The van der Waals surface area contributed by atoms with Crippen molar-refractivity contribution in [3.63, 3.8) is 0 Å². The molecule has 2 N–H and O–H groups in total. The normalized spacial score (nSPS) is 15.9. The first kappa shape index (κ1) is 16.0. The molecule has 1 amide bonds. The Morgan fingerprint density at radius 3 is 2.52 bits per heavy atom. The SMILES string of the molecule is COc1c(C(=O)N2CCOCC2)cc(Cl)cc1S(N)(=O)=O. The topological polar surface area (TPSA) is 98.9 Å². The highest BCUT2D eigenvalue weighted by Crippen LogP contribution is 2.32. The molecule has 21 heavy (non-hydrogen) atoms. The maximum Gasteiger partial charge on any atom is 0.257 e. The highest BCUT2D eigenvalue weighted by Gasteiger charge is 2.27. The number of halogens is 1. The number of carbonyl (C=O) groups is 1. The van der Waals surface area contributed by atoms with Crippen LogP contribution >= 0.6 is 11.6 Å². The molecule has 0 aliphatic carbocycles. The highest BCUT2D eigenvalue weighted by atomic mass is 35.5. The number of carbonyl (C=O) groups excluding carboxylic acids is 1. The Kier molecular flexibility index (Phi) is 4.72. The first-order chi connectivity index (χ1) is 9.84. The maximum absolute atomic E-state index is 12.5. The van der Waals surface area contributed by atoms with Crippen LogP contribution in [0.5, 0.6) is 5.75 Å². The zero-order valence-electron chi connectivity index (χ0n) is 11.3. The molecule has 1 saturated heterocycles. The Bertz CT molecular complexity index is 656. The number of benzene rings is 1. The maximum atomic E-state index is 12.5. The largest absolute Gasteiger partial charge is 0.494 e. The van der Waals surface area contributed by atoms with Crippen molar-refractivity contribution in [1.82, 2.24) is 4.90 Å². The Labute approximate surface area is 127 Å². The Balaban J connectivity index is 2.52. The standard InChI is InChI=1S/C12H15ClN2O5S/c1-19-11-9(12(16)15-2-4-20-5-3-15)6-8(13)7-10(11)21(14,17)18/h6-7H,2-5H2,1H3,(H2,14,17,18). The third kappa shape index (κ3) is 3.46. The van der Waals surface area contributed by atoms with E-state index in [-0.39, 0.29) is 27.1 Å². The molecule has 1 aliphatic rings. The molecule has 1 heterocycles. The summed E-state index contributed by atoms with van der Waals surface area (Å²) in [6.07, 6.45) is 0. The van der Waals surface area contributed by atoms with Gasteiger partial charge >= 0.3 is 0 Å². The summed E-state index contributed by atoms with van der Waals surface area (Å²) in [4.78, 5) is 13.7. The Morgan fingerprint density at radius 2 is 2.00 bits per heavy atom. The summed E-state index contributed by atoms with van der Waals surface area (Å²) in [5.41, 5.74) is 0.0657. The molecule has 9 heteroatoms. The van der Waals surface area contributed by atoms with E-state index in [4.69, 9.17) is 26.2 Å². The van der Waals surface area contributed by atoms with E-state index < -0.39 is 10.0 Å². The molecule has 0 bridgehead atoms. The van der Waals surface area contributed by atoms with E-state index in [0.29, 0.717) is 26.3 Å². The zero-order chi connectivity index (χ0) is 15.6. The summed E-state index contributed by atoms with van der Waals surface area (Å²) in [6.45, 7) is 1.69. The fourth-order valence-corrected chi connectivity index (χ4v) is 3.11. The fraction of sp³-hybridized carbons (Fsp3) is 0.417. The Morgan fingerprint density at radius 1 is 1.38 bits per heavy atom. The summed E-state index contributed by atoms with van der Waals surface area (Å²) in [5, 5.41) is 5.23. The van der Waals surface area contributed by atoms with Gasteiger partial charge in [0.15, 0.2) is 5.75 Å². The zero-order valence-corrected chi connectivity index (χ0v) is 12.9. The molecule has 1 aromatic carbocycles. The van der Waals surface area contributed by atoms with Crippen LogP contribution in [0.3, 0.4) is 0 Å². The van der Waals surface area contributed by atoms with E-state index in [1.165, 1.54) is 13.2 Å². The van der Waals surface area contributed by atoms with Gasteiger partial charge in [-0.05, 0) is 12.1 Å².